The first kappa shape index (κ1) is 22.0. The van der Waals surface area contributed by atoms with E-state index in [0.29, 0.717) is 12.1 Å². The highest BCUT2D eigenvalue weighted by Gasteiger charge is 2.24. The summed E-state index contributed by atoms with van der Waals surface area (Å²) in [5.41, 5.74) is 1.11. The van der Waals surface area contributed by atoms with Gasteiger partial charge < -0.3 is 5.32 Å². The van der Waals surface area contributed by atoms with Gasteiger partial charge in [0.2, 0.25) is 10.0 Å². The molecule has 0 aliphatic heterocycles. The van der Waals surface area contributed by atoms with Gasteiger partial charge in [-0.05, 0) is 55.9 Å². The van der Waals surface area contributed by atoms with Crippen molar-refractivity contribution in [1.29, 1.82) is 0 Å². The van der Waals surface area contributed by atoms with Crippen LogP contribution in [-0.4, -0.2) is 33.6 Å². The largest absolute Gasteiger partial charge is 0.316 e. The van der Waals surface area contributed by atoms with Gasteiger partial charge in [0, 0.05) is 24.0 Å². The van der Waals surface area contributed by atoms with Crippen molar-refractivity contribution in [3.63, 3.8) is 0 Å². The maximum Gasteiger partial charge on any atom is 0.268 e. The Morgan fingerprint density at radius 1 is 1.00 bits per heavy atom. The maximum absolute atomic E-state index is 14.4. The van der Waals surface area contributed by atoms with Gasteiger partial charge in [-0.25, -0.2) is 25.2 Å². The first-order chi connectivity index (χ1) is 14.2. The topological polar surface area (TPSA) is 97.3 Å². The molecule has 7 nitrogen and oxygen atoms in total. The number of sulfonamides is 1. The zero-order chi connectivity index (χ0) is 21.9. The van der Waals surface area contributed by atoms with E-state index in [1.54, 1.807) is 19.2 Å². The van der Waals surface area contributed by atoms with Crippen molar-refractivity contribution in [2.75, 3.05) is 17.5 Å². The Labute approximate surface area is 175 Å². The molecule has 0 amide bonds. The van der Waals surface area contributed by atoms with Gasteiger partial charge in [-0.3, -0.25) is 4.72 Å². The van der Waals surface area contributed by atoms with E-state index in [1.165, 1.54) is 55.6 Å². The molecular weight excluding hydrogens is 429 g/mol. The molecule has 0 radical (unpaired) electrons. The summed E-state index contributed by atoms with van der Waals surface area (Å²) in [6.45, 7) is 1.87. The second-order valence-electron chi connectivity index (χ2n) is 6.58. The molecular formula is C20H22FN3O4S2. The lowest BCUT2D eigenvalue weighted by atomic mass is 10.1. The van der Waals surface area contributed by atoms with Crippen LogP contribution >= 0.6 is 0 Å². The van der Waals surface area contributed by atoms with E-state index in [-0.39, 0.29) is 27.6 Å². The van der Waals surface area contributed by atoms with E-state index >= 15 is 0 Å². The summed E-state index contributed by atoms with van der Waals surface area (Å²) in [5, 5.41) is 2.94. The molecule has 160 valence electrons. The van der Waals surface area contributed by atoms with Gasteiger partial charge in [-0.15, -0.1) is 0 Å². The molecule has 3 rings (SSSR count). The molecule has 0 bridgehead atoms. The van der Waals surface area contributed by atoms with Crippen LogP contribution < -0.4 is 10.0 Å². The van der Waals surface area contributed by atoms with Crippen molar-refractivity contribution in [2.45, 2.75) is 18.4 Å². The van der Waals surface area contributed by atoms with Crippen molar-refractivity contribution < 1.29 is 21.2 Å². The minimum absolute atomic E-state index is 0.122. The van der Waals surface area contributed by atoms with Crippen molar-refractivity contribution >= 4 is 25.7 Å². The van der Waals surface area contributed by atoms with Crippen LogP contribution in [0.25, 0.3) is 11.3 Å². The minimum Gasteiger partial charge on any atom is -0.316 e. The smallest absolute Gasteiger partial charge is 0.268 e. The molecule has 30 heavy (non-hydrogen) atoms. The minimum atomic E-state index is -4.13. The maximum atomic E-state index is 14.4. The van der Waals surface area contributed by atoms with Crippen LogP contribution in [0.5, 0.6) is 0 Å². The van der Waals surface area contributed by atoms with E-state index in [0.717, 1.165) is 3.97 Å². The third-order valence-corrected chi connectivity index (χ3v) is 7.39. The average molecular weight is 452 g/mol. The van der Waals surface area contributed by atoms with Gasteiger partial charge >= 0.3 is 0 Å². The molecule has 0 saturated heterocycles. The van der Waals surface area contributed by atoms with Crippen LogP contribution in [0.3, 0.4) is 0 Å². The fourth-order valence-electron chi connectivity index (χ4n) is 2.95. The zero-order valence-corrected chi connectivity index (χ0v) is 18.1. The third kappa shape index (κ3) is 4.55. The number of nitrogens with zero attached hydrogens (tertiary/aromatic N) is 1. The van der Waals surface area contributed by atoms with Gasteiger partial charge in [0.05, 0.1) is 16.3 Å². The molecule has 0 saturated carbocycles. The molecule has 0 unspecified atom stereocenters. The average Bonchev–Trinajstić information content (AvgIpc) is 3.13. The predicted molar refractivity (Wildman–Crippen MR) is 115 cm³/mol. The van der Waals surface area contributed by atoms with Crippen molar-refractivity contribution in [3.05, 3.63) is 72.2 Å². The summed E-state index contributed by atoms with van der Waals surface area (Å²) in [7, 11) is -5.98. The van der Waals surface area contributed by atoms with Crippen LogP contribution in [0.2, 0.25) is 0 Å². The fourth-order valence-corrected chi connectivity index (χ4v) is 5.02. The normalized spacial score (nSPS) is 12.1. The molecule has 2 aromatic carbocycles. The predicted octanol–water partition coefficient (Wildman–Crippen LogP) is 3.01. The second-order valence-corrected chi connectivity index (χ2v) is 10.4. The Bertz CT molecular complexity index is 1270. The molecule has 1 heterocycles. The lowest BCUT2D eigenvalue weighted by molar-refractivity contribution is 0.587. The monoisotopic (exact) mass is 451 g/mol. The number of aromatic nitrogens is 1. The highest BCUT2D eigenvalue weighted by atomic mass is 32.2. The number of hydrogen-bond donors (Lipinski definition) is 2. The second kappa shape index (κ2) is 8.58. The van der Waals surface area contributed by atoms with E-state index < -0.39 is 25.9 Å². The zero-order valence-electron chi connectivity index (χ0n) is 16.5. The summed E-state index contributed by atoms with van der Waals surface area (Å²) < 4.78 is 68.2. The van der Waals surface area contributed by atoms with Crippen LogP contribution in [0.15, 0.2) is 65.7 Å². The Morgan fingerprint density at radius 2 is 1.73 bits per heavy atom. The Balaban J connectivity index is 2.14. The molecule has 0 aliphatic rings. The van der Waals surface area contributed by atoms with E-state index in [4.69, 9.17) is 0 Å². The van der Waals surface area contributed by atoms with Crippen LogP contribution in [-0.2, 0) is 26.6 Å². The SMILES string of the molecule is CCS(=O)(=O)Nc1cccc(S(=O)(=O)n2cc(CNC)cc2-c2ccccc2F)c1. The van der Waals surface area contributed by atoms with Crippen LogP contribution in [0.1, 0.15) is 12.5 Å². The molecule has 0 fully saturated rings. The molecule has 2 N–H and O–H groups in total. The van der Waals surface area contributed by atoms with Gasteiger partial charge in [-0.2, -0.15) is 0 Å². The molecule has 3 aromatic rings. The van der Waals surface area contributed by atoms with E-state index in [9.17, 15) is 21.2 Å². The molecule has 1 aromatic heterocycles. The first-order valence-electron chi connectivity index (χ1n) is 9.15. The number of anilines is 1. The summed E-state index contributed by atoms with van der Waals surface area (Å²) in [5.74, 6) is -0.695. The molecule has 0 atom stereocenters. The Hall–Kier alpha value is -2.69. The molecule has 0 aliphatic carbocycles. The Morgan fingerprint density at radius 3 is 2.40 bits per heavy atom. The standard InChI is InChI=1S/C20H22FN3O4S2/c1-3-29(25,26)23-16-7-6-8-17(12-16)30(27,28)24-14-15(13-22-2)11-20(24)18-9-4-5-10-19(18)21/h4-12,14,22-23H,3,13H2,1-2H3. The molecule has 0 spiro atoms. The number of benzene rings is 2. The van der Waals surface area contributed by atoms with Gasteiger partial charge in [0.25, 0.3) is 10.0 Å². The van der Waals surface area contributed by atoms with Crippen molar-refractivity contribution in [1.82, 2.24) is 9.29 Å². The van der Waals surface area contributed by atoms with Crippen molar-refractivity contribution in [3.8, 4) is 11.3 Å². The number of hydrogen-bond acceptors (Lipinski definition) is 5. The van der Waals surface area contributed by atoms with E-state index in [1.807, 2.05) is 0 Å². The number of nitrogens with one attached hydrogen (secondary N) is 2. The van der Waals surface area contributed by atoms with E-state index in [2.05, 4.69) is 10.0 Å². The highest BCUT2D eigenvalue weighted by Crippen LogP contribution is 2.29. The molecule has 10 heteroatoms. The van der Waals surface area contributed by atoms with Crippen molar-refractivity contribution in [2.24, 2.45) is 0 Å². The lowest BCUT2D eigenvalue weighted by Crippen LogP contribution is -2.16. The highest BCUT2D eigenvalue weighted by molar-refractivity contribution is 7.92. The number of rotatable bonds is 8. The van der Waals surface area contributed by atoms with Gasteiger partial charge in [0.15, 0.2) is 0 Å². The summed E-state index contributed by atoms with van der Waals surface area (Å²) in [6.07, 6.45) is 1.43. The quantitative estimate of drug-likeness (QED) is 0.549. The third-order valence-electron chi connectivity index (χ3n) is 4.42. The summed E-state index contributed by atoms with van der Waals surface area (Å²) in [4.78, 5) is -0.122. The Kier molecular flexibility index (Phi) is 6.30. The number of halogens is 1. The fraction of sp³-hybridized carbons (Fsp3) is 0.200. The summed E-state index contributed by atoms with van der Waals surface area (Å²) in [6, 6.07) is 13.0. The van der Waals surface area contributed by atoms with Gasteiger partial charge in [-0.1, -0.05) is 18.2 Å². The van der Waals surface area contributed by atoms with Gasteiger partial charge in [0.1, 0.15) is 5.82 Å². The first-order valence-corrected chi connectivity index (χ1v) is 12.2. The lowest BCUT2D eigenvalue weighted by Gasteiger charge is -2.13. The van der Waals surface area contributed by atoms with Crippen LogP contribution in [0.4, 0.5) is 10.1 Å². The van der Waals surface area contributed by atoms with Crippen LogP contribution in [0, 0.1) is 5.82 Å². The summed E-state index contributed by atoms with van der Waals surface area (Å²) >= 11 is 0.